The molecule has 0 bridgehead atoms. The monoisotopic (exact) mass is 728 g/mol. The average molecular weight is 729 g/mol. The Morgan fingerprint density at radius 1 is 0.808 bits per heavy atom. The van der Waals surface area contributed by atoms with Crippen LogP contribution in [-0.2, 0) is 9.47 Å². The molecule has 0 spiro atoms. The first-order valence-corrected chi connectivity index (χ1v) is 18.4. The summed E-state index contributed by atoms with van der Waals surface area (Å²) in [6, 6.07) is 15.4. The van der Waals surface area contributed by atoms with Crippen LogP contribution in [0.15, 0.2) is 46.8 Å². The number of hydrogen-bond acceptors (Lipinski definition) is 13. The first-order chi connectivity index (χ1) is 25.4. The largest absolute Gasteiger partial charge is 0.490 e. The van der Waals surface area contributed by atoms with Crippen molar-refractivity contribution < 1.29 is 28.4 Å². The zero-order valence-corrected chi connectivity index (χ0v) is 30.4. The molecule has 2 N–H and O–H groups in total. The highest BCUT2D eigenvalue weighted by Crippen LogP contribution is 2.39. The maximum Gasteiger partial charge on any atom is 0.274 e. The van der Waals surface area contributed by atoms with Crippen molar-refractivity contribution >= 4 is 28.8 Å². The van der Waals surface area contributed by atoms with Crippen LogP contribution in [0, 0.1) is 22.7 Å². The summed E-state index contributed by atoms with van der Waals surface area (Å²) in [4.78, 5) is 18.4. The van der Waals surface area contributed by atoms with Gasteiger partial charge in [-0.05, 0) is 55.3 Å². The van der Waals surface area contributed by atoms with E-state index in [1.165, 1.54) is 4.57 Å². The van der Waals surface area contributed by atoms with Crippen LogP contribution in [0.5, 0.6) is 23.0 Å². The van der Waals surface area contributed by atoms with Crippen LogP contribution in [0.1, 0.15) is 30.9 Å². The molecule has 0 radical (unpaired) electrons. The van der Waals surface area contributed by atoms with Gasteiger partial charge in [0.1, 0.15) is 23.7 Å². The van der Waals surface area contributed by atoms with Gasteiger partial charge in [0.2, 0.25) is 0 Å². The molecule has 3 aliphatic rings. The maximum absolute atomic E-state index is 13.8. The number of nitrogens with two attached hydrogens (primary N) is 1. The van der Waals surface area contributed by atoms with E-state index in [0.717, 1.165) is 63.8 Å². The fourth-order valence-electron chi connectivity index (χ4n) is 6.45. The maximum atomic E-state index is 13.8. The minimum Gasteiger partial charge on any atom is -0.490 e. The Hall–Kier alpha value is -4.83. The number of thiazole rings is 1. The van der Waals surface area contributed by atoms with Crippen molar-refractivity contribution in [2.75, 3.05) is 92.1 Å². The zero-order chi connectivity index (χ0) is 36.5. The van der Waals surface area contributed by atoms with Crippen LogP contribution in [-0.4, -0.2) is 106 Å². The lowest BCUT2D eigenvalue weighted by atomic mass is 9.84. The third-order valence-corrected chi connectivity index (χ3v) is 10.2. The molecule has 14 heteroatoms. The summed E-state index contributed by atoms with van der Waals surface area (Å²) < 4.78 is 36.9. The zero-order valence-electron chi connectivity index (χ0n) is 29.6. The molecule has 4 heterocycles. The van der Waals surface area contributed by atoms with Crippen molar-refractivity contribution in [2.45, 2.75) is 19.8 Å². The second kappa shape index (κ2) is 17.6. The smallest absolute Gasteiger partial charge is 0.274 e. The number of fused-ring (bicyclic) bond motifs is 1. The Morgan fingerprint density at radius 2 is 1.37 bits per heavy atom. The number of nitriles is 2. The lowest BCUT2D eigenvalue weighted by Crippen LogP contribution is -2.38. The van der Waals surface area contributed by atoms with Gasteiger partial charge in [0.15, 0.2) is 23.0 Å². The second-order valence-corrected chi connectivity index (χ2v) is 13.3. The van der Waals surface area contributed by atoms with Crippen LogP contribution in [0.3, 0.4) is 0 Å². The van der Waals surface area contributed by atoms with Gasteiger partial charge in [-0.15, -0.1) is 11.3 Å². The van der Waals surface area contributed by atoms with Crippen LogP contribution in [0.4, 0.5) is 0 Å². The van der Waals surface area contributed by atoms with Gasteiger partial charge in [0, 0.05) is 39.3 Å². The highest BCUT2D eigenvalue weighted by atomic mass is 32.1. The minimum absolute atomic E-state index is 0.00906. The summed E-state index contributed by atoms with van der Waals surface area (Å²) in [5.74, 6) is 1.42. The topological polar surface area (TPSA) is 157 Å². The van der Waals surface area contributed by atoms with E-state index in [0.29, 0.717) is 83.0 Å². The number of rotatable bonds is 14. The Bertz CT molecular complexity index is 2030. The molecule has 274 valence electrons. The summed E-state index contributed by atoms with van der Waals surface area (Å²) >= 11 is 1.15. The van der Waals surface area contributed by atoms with Crippen LogP contribution >= 0.6 is 11.3 Å². The molecular weight excluding hydrogens is 685 g/mol. The summed E-state index contributed by atoms with van der Waals surface area (Å²) in [6.07, 6.45) is 1.73. The SMILES string of the molecule is CCOc1cc(/C=c2\sc3n(c2=O)C(N)=C(C#N)[C@H](c2ccc(OCCN4CCOCC4)c(OCC)c2)C=3C#N)ccc1OCCN1CCOCC1. The van der Waals surface area contributed by atoms with E-state index < -0.39 is 11.5 Å². The van der Waals surface area contributed by atoms with E-state index >= 15 is 0 Å². The molecule has 6 rings (SSSR count). The molecular formula is C38H44N6O7S. The molecule has 2 aromatic carbocycles. The van der Waals surface area contributed by atoms with Crippen molar-refractivity contribution in [3.63, 3.8) is 0 Å². The van der Waals surface area contributed by atoms with E-state index in [-0.39, 0.29) is 17.0 Å². The molecule has 1 atom stereocenters. The van der Waals surface area contributed by atoms with Crippen molar-refractivity contribution in [1.29, 1.82) is 10.5 Å². The van der Waals surface area contributed by atoms with Gasteiger partial charge in [-0.1, -0.05) is 12.1 Å². The fraction of sp³-hybridized carbons (Fsp3) is 0.447. The number of hydrogen-bond donors (Lipinski definition) is 1. The van der Waals surface area contributed by atoms with Gasteiger partial charge in [-0.25, -0.2) is 0 Å². The highest BCUT2D eigenvalue weighted by Gasteiger charge is 2.33. The lowest BCUT2D eigenvalue weighted by Gasteiger charge is -2.26. The van der Waals surface area contributed by atoms with Gasteiger partial charge < -0.3 is 34.2 Å². The van der Waals surface area contributed by atoms with Crippen molar-refractivity contribution in [3.8, 4) is 35.1 Å². The summed E-state index contributed by atoms with van der Waals surface area (Å²) in [6.45, 7) is 13.4. The minimum atomic E-state index is -0.805. The first-order valence-electron chi connectivity index (χ1n) is 17.6. The first kappa shape index (κ1) is 36.9. The number of benzene rings is 2. The molecule has 3 aliphatic heterocycles. The van der Waals surface area contributed by atoms with E-state index in [1.807, 2.05) is 38.1 Å². The molecule has 2 saturated heterocycles. The van der Waals surface area contributed by atoms with Gasteiger partial charge in [0.05, 0.1) is 73.4 Å². The quantitative estimate of drug-likeness (QED) is 0.258. The van der Waals surface area contributed by atoms with Crippen molar-refractivity contribution in [2.24, 2.45) is 5.73 Å². The highest BCUT2D eigenvalue weighted by molar-refractivity contribution is 7.07. The standard InChI is InChI=1S/C38H44N6O7S/c1-3-48-32-21-26(5-7-30(32)50-19-13-42-9-15-46-16-10-42)22-34-37(45)44-36(41)28(24-39)35(29(25-40)38(44)52-34)27-6-8-31(33(23-27)49-4-2)51-20-14-43-11-17-47-18-12-43/h5-8,21-23,35H,3-4,9-20,41H2,1-2H3/b34-22-/t35-/m0/s1. The molecule has 1 aromatic heterocycles. The van der Waals surface area contributed by atoms with Gasteiger partial charge in [-0.3, -0.25) is 19.2 Å². The summed E-state index contributed by atoms with van der Waals surface area (Å²) in [5.41, 5.74) is 7.85. The molecule has 13 nitrogen and oxygen atoms in total. The predicted molar refractivity (Wildman–Crippen MR) is 197 cm³/mol. The number of ether oxygens (including phenoxy) is 6. The normalized spacial score (nSPS) is 18.4. The van der Waals surface area contributed by atoms with Crippen LogP contribution < -0.4 is 39.4 Å². The van der Waals surface area contributed by atoms with Crippen molar-refractivity contribution in [1.82, 2.24) is 14.4 Å². The van der Waals surface area contributed by atoms with Gasteiger partial charge in [0.25, 0.3) is 5.56 Å². The molecule has 0 amide bonds. The number of allylic oxidation sites excluding steroid dienone is 1. The Labute approximate surface area is 306 Å². The van der Waals surface area contributed by atoms with Crippen molar-refractivity contribution in [3.05, 3.63) is 72.6 Å². The van der Waals surface area contributed by atoms with Crippen LogP contribution in [0.2, 0.25) is 0 Å². The number of nitrogens with zero attached hydrogens (tertiary/aromatic N) is 5. The van der Waals surface area contributed by atoms with E-state index in [2.05, 4.69) is 21.9 Å². The average Bonchev–Trinajstić information content (AvgIpc) is 3.49. The summed E-state index contributed by atoms with van der Waals surface area (Å²) in [5, 5.41) is 20.9. The van der Waals surface area contributed by atoms with E-state index in [9.17, 15) is 15.3 Å². The number of aromatic nitrogens is 1. The lowest BCUT2D eigenvalue weighted by molar-refractivity contribution is 0.0320. The molecule has 0 aliphatic carbocycles. The van der Waals surface area contributed by atoms with Crippen LogP contribution in [0.25, 0.3) is 17.5 Å². The Kier molecular flexibility index (Phi) is 12.5. The molecule has 0 unspecified atom stereocenters. The Morgan fingerprint density at radius 3 is 1.92 bits per heavy atom. The fourth-order valence-corrected chi connectivity index (χ4v) is 7.58. The molecule has 2 fully saturated rings. The predicted octanol–water partition coefficient (Wildman–Crippen LogP) is 2.08. The van der Waals surface area contributed by atoms with E-state index in [1.54, 1.807) is 18.2 Å². The Balaban J connectivity index is 1.30. The van der Waals surface area contributed by atoms with Gasteiger partial charge >= 0.3 is 0 Å². The third kappa shape index (κ3) is 8.28. The molecule has 3 aromatic rings. The van der Waals surface area contributed by atoms with Gasteiger partial charge in [-0.2, -0.15) is 10.5 Å². The molecule has 0 saturated carbocycles. The van der Waals surface area contributed by atoms with E-state index in [4.69, 9.17) is 34.2 Å². The second-order valence-electron chi connectivity index (χ2n) is 12.3. The molecule has 52 heavy (non-hydrogen) atoms. The third-order valence-electron chi connectivity index (χ3n) is 9.09. The summed E-state index contributed by atoms with van der Waals surface area (Å²) in [7, 11) is 0. The number of morpholine rings is 2.